The Hall–Kier alpha value is -2.84. The summed E-state index contributed by atoms with van der Waals surface area (Å²) in [4.78, 5) is 13.1. The van der Waals surface area contributed by atoms with Crippen molar-refractivity contribution in [2.24, 2.45) is 0 Å². The lowest BCUT2D eigenvalue weighted by Gasteiger charge is -2.29. The second kappa shape index (κ2) is 9.11. The molecule has 3 aromatic rings. The van der Waals surface area contributed by atoms with E-state index in [2.05, 4.69) is 11.4 Å². The Bertz CT molecular complexity index is 1160. The van der Waals surface area contributed by atoms with E-state index in [1.54, 1.807) is 35.7 Å². The molecule has 0 bridgehead atoms. The van der Waals surface area contributed by atoms with Crippen LogP contribution in [0.15, 0.2) is 70.3 Å². The Labute approximate surface area is 186 Å². The molecule has 31 heavy (non-hydrogen) atoms. The first-order chi connectivity index (χ1) is 15.0. The lowest BCUT2D eigenvalue weighted by molar-refractivity contribution is -0.120. The van der Waals surface area contributed by atoms with E-state index in [0.717, 1.165) is 40.5 Å². The summed E-state index contributed by atoms with van der Waals surface area (Å²) in [5.74, 6) is 0.0335. The van der Waals surface area contributed by atoms with Crippen LogP contribution in [0.1, 0.15) is 30.0 Å². The zero-order chi connectivity index (χ0) is 21.8. The second-order valence-corrected chi connectivity index (χ2v) is 10.4. The van der Waals surface area contributed by atoms with Crippen molar-refractivity contribution >= 4 is 33.0 Å². The molecule has 0 aliphatic heterocycles. The van der Waals surface area contributed by atoms with Crippen molar-refractivity contribution in [3.8, 4) is 5.75 Å². The number of ether oxygens (including phenoxy) is 1. The number of thiophene rings is 1. The summed E-state index contributed by atoms with van der Waals surface area (Å²) >= 11 is 1.12. The van der Waals surface area contributed by atoms with Gasteiger partial charge in [-0.1, -0.05) is 42.5 Å². The highest BCUT2D eigenvalue weighted by atomic mass is 32.2. The molecular formula is C23H24N2O4S2. The first kappa shape index (κ1) is 21.4. The van der Waals surface area contributed by atoms with Crippen molar-refractivity contribution in [3.05, 3.63) is 77.2 Å². The number of carbonyl (C=O) groups excluding carboxylic acids is 1. The second-order valence-electron chi connectivity index (χ2n) is 7.33. The summed E-state index contributed by atoms with van der Waals surface area (Å²) < 4.78 is 33.5. The summed E-state index contributed by atoms with van der Waals surface area (Å²) in [6.07, 6.45) is 2.80. The molecule has 0 saturated heterocycles. The third kappa shape index (κ3) is 4.45. The van der Waals surface area contributed by atoms with Crippen LogP contribution in [-0.4, -0.2) is 28.0 Å². The SMILES string of the molecule is COc1ccccc1N(CC(=O)N[C@@H]1CCCc2ccccc21)S(=O)(=O)c1cccs1. The van der Waals surface area contributed by atoms with Crippen LogP contribution in [0.3, 0.4) is 0 Å². The van der Waals surface area contributed by atoms with Gasteiger partial charge in [-0.15, -0.1) is 11.3 Å². The van der Waals surface area contributed by atoms with Gasteiger partial charge in [0.1, 0.15) is 16.5 Å². The first-order valence-electron chi connectivity index (χ1n) is 10.1. The molecule has 0 radical (unpaired) electrons. The largest absolute Gasteiger partial charge is 0.495 e. The number of nitrogens with zero attached hydrogens (tertiary/aromatic N) is 1. The molecule has 0 unspecified atom stereocenters. The van der Waals surface area contributed by atoms with Crippen molar-refractivity contribution in [1.82, 2.24) is 5.32 Å². The number of aryl methyl sites for hydroxylation is 1. The Balaban J connectivity index is 1.63. The molecule has 1 amide bonds. The molecule has 1 atom stereocenters. The van der Waals surface area contributed by atoms with Gasteiger partial charge in [-0.05, 0) is 54.0 Å². The zero-order valence-corrected chi connectivity index (χ0v) is 18.8. The highest BCUT2D eigenvalue weighted by Gasteiger charge is 2.31. The molecule has 1 heterocycles. The normalized spacial score (nSPS) is 15.7. The van der Waals surface area contributed by atoms with E-state index >= 15 is 0 Å². The highest BCUT2D eigenvalue weighted by Crippen LogP contribution is 2.34. The van der Waals surface area contributed by atoms with Gasteiger partial charge in [-0.2, -0.15) is 0 Å². The number of methoxy groups -OCH3 is 1. The topological polar surface area (TPSA) is 75.7 Å². The average molecular weight is 457 g/mol. The van der Waals surface area contributed by atoms with Crippen molar-refractivity contribution in [2.45, 2.75) is 29.5 Å². The smallest absolute Gasteiger partial charge is 0.274 e. The molecular weight excluding hydrogens is 432 g/mol. The molecule has 0 spiro atoms. The van der Waals surface area contributed by atoms with Crippen molar-refractivity contribution in [2.75, 3.05) is 18.0 Å². The summed E-state index contributed by atoms with van der Waals surface area (Å²) in [5, 5.41) is 4.75. The number of rotatable bonds is 7. The van der Waals surface area contributed by atoms with Gasteiger partial charge < -0.3 is 10.1 Å². The van der Waals surface area contributed by atoms with Gasteiger partial charge in [0.25, 0.3) is 10.0 Å². The fraction of sp³-hybridized carbons (Fsp3) is 0.261. The van der Waals surface area contributed by atoms with Crippen LogP contribution in [0, 0.1) is 0 Å². The molecule has 8 heteroatoms. The quantitative estimate of drug-likeness (QED) is 0.580. The monoisotopic (exact) mass is 456 g/mol. The molecule has 6 nitrogen and oxygen atoms in total. The molecule has 2 aromatic carbocycles. The van der Waals surface area contributed by atoms with Gasteiger partial charge >= 0.3 is 0 Å². The molecule has 4 rings (SSSR count). The Kier molecular flexibility index (Phi) is 6.29. The lowest BCUT2D eigenvalue weighted by atomic mass is 9.88. The van der Waals surface area contributed by atoms with Crippen molar-refractivity contribution in [3.63, 3.8) is 0 Å². The predicted octanol–water partition coefficient (Wildman–Crippen LogP) is 4.15. The number of fused-ring (bicyclic) bond motifs is 1. The number of para-hydroxylation sites is 2. The van der Waals surface area contributed by atoms with Gasteiger partial charge in [0.05, 0.1) is 18.8 Å². The van der Waals surface area contributed by atoms with E-state index in [0.29, 0.717) is 11.4 Å². The van der Waals surface area contributed by atoms with Crippen LogP contribution >= 0.6 is 11.3 Å². The van der Waals surface area contributed by atoms with Gasteiger partial charge in [0.15, 0.2) is 0 Å². The summed E-state index contributed by atoms with van der Waals surface area (Å²) in [6, 6.07) is 18.0. The third-order valence-electron chi connectivity index (χ3n) is 5.39. The lowest BCUT2D eigenvalue weighted by Crippen LogP contribution is -2.42. The minimum Gasteiger partial charge on any atom is -0.495 e. The molecule has 1 N–H and O–H groups in total. The summed E-state index contributed by atoms with van der Waals surface area (Å²) in [7, 11) is -2.45. The van der Waals surface area contributed by atoms with Crippen LogP contribution in [0.5, 0.6) is 5.75 Å². The number of nitrogens with one attached hydrogen (secondary N) is 1. The Morgan fingerprint density at radius 1 is 1.13 bits per heavy atom. The third-order valence-corrected chi connectivity index (χ3v) is 8.52. The number of amides is 1. The van der Waals surface area contributed by atoms with E-state index in [1.807, 2.05) is 18.2 Å². The average Bonchev–Trinajstić information content (AvgIpc) is 3.34. The van der Waals surface area contributed by atoms with Crippen LogP contribution < -0.4 is 14.4 Å². The minimum absolute atomic E-state index is 0.124. The standard InChI is InChI=1S/C23H24N2O4S2/c1-29-21-13-5-4-12-20(21)25(31(27,28)23-14-7-15-30-23)16-22(26)24-19-11-6-9-17-8-2-3-10-18(17)19/h2-5,7-8,10,12-15,19H,6,9,11,16H2,1H3,(H,24,26)/t19-/m1/s1. The van der Waals surface area contributed by atoms with E-state index in [9.17, 15) is 13.2 Å². The maximum atomic E-state index is 13.4. The van der Waals surface area contributed by atoms with E-state index in [4.69, 9.17) is 4.74 Å². The molecule has 0 fully saturated rings. The Morgan fingerprint density at radius 3 is 2.68 bits per heavy atom. The van der Waals surface area contributed by atoms with Crippen LogP contribution in [0.25, 0.3) is 0 Å². The highest BCUT2D eigenvalue weighted by molar-refractivity contribution is 7.94. The van der Waals surface area contributed by atoms with Crippen molar-refractivity contribution in [1.29, 1.82) is 0 Å². The van der Waals surface area contributed by atoms with Crippen LogP contribution in [-0.2, 0) is 21.2 Å². The maximum absolute atomic E-state index is 13.4. The molecule has 1 aliphatic rings. The number of carbonyl (C=O) groups is 1. The minimum atomic E-state index is -3.93. The van der Waals surface area contributed by atoms with Crippen LogP contribution in [0.4, 0.5) is 5.69 Å². The van der Waals surface area contributed by atoms with E-state index < -0.39 is 10.0 Å². The molecule has 162 valence electrons. The summed E-state index contributed by atoms with van der Waals surface area (Å²) in [5.41, 5.74) is 2.66. The van der Waals surface area contributed by atoms with Gasteiger partial charge in [-0.3, -0.25) is 9.10 Å². The first-order valence-corrected chi connectivity index (χ1v) is 12.4. The van der Waals surface area contributed by atoms with Crippen molar-refractivity contribution < 1.29 is 17.9 Å². The number of anilines is 1. The molecule has 1 aromatic heterocycles. The van der Waals surface area contributed by atoms with Gasteiger partial charge in [-0.25, -0.2) is 8.42 Å². The van der Waals surface area contributed by atoms with Gasteiger partial charge in [0.2, 0.25) is 5.91 Å². The molecule has 1 aliphatic carbocycles. The maximum Gasteiger partial charge on any atom is 0.274 e. The Morgan fingerprint density at radius 2 is 1.90 bits per heavy atom. The molecule has 0 saturated carbocycles. The fourth-order valence-corrected chi connectivity index (χ4v) is 6.46. The fourth-order valence-electron chi connectivity index (χ4n) is 3.93. The number of hydrogen-bond donors (Lipinski definition) is 1. The number of benzene rings is 2. The van der Waals surface area contributed by atoms with E-state index in [-0.39, 0.29) is 22.7 Å². The van der Waals surface area contributed by atoms with E-state index in [1.165, 1.54) is 18.7 Å². The number of sulfonamides is 1. The van der Waals surface area contributed by atoms with Crippen LogP contribution in [0.2, 0.25) is 0 Å². The van der Waals surface area contributed by atoms with Gasteiger partial charge in [0, 0.05) is 0 Å². The summed E-state index contributed by atoms with van der Waals surface area (Å²) in [6.45, 7) is -0.334. The number of hydrogen-bond acceptors (Lipinski definition) is 5. The zero-order valence-electron chi connectivity index (χ0n) is 17.2. The predicted molar refractivity (Wildman–Crippen MR) is 122 cm³/mol.